The summed E-state index contributed by atoms with van der Waals surface area (Å²) < 4.78 is 12.9. The number of hydrogen-bond acceptors (Lipinski definition) is 0. The second kappa shape index (κ2) is 3.87. The fourth-order valence-corrected chi connectivity index (χ4v) is 0.977. The van der Waals surface area contributed by atoms with Crippen molar-refractivity contribution in [2.24, 2.45) is 0 Å². The minimum Gasteiger partial charge on any atom is -0.317 e. The van der Waals surface area contributed by atoms with Gasteiger partial charge in [0, 0.05) is 6.42 Å². The van der Waals surface area contributed by atoms with Gasteiger partial charge in [-0.15, -0.1) is 0 Å². The van der Waals surface area contributed by atoms with E-state index in [-0.39, 0.29) is 5.82 Å². The molecule has 12 heavy (non-hydrogen) atoms. The van der Waals surface area contributed by atoms with Gasteiger partial charge >= 0.3 is 0 Å². The van der Waals surface area contributed by atoms with Crippen LogP contribution in [-0.4, -0.2) is 6.54 Å². The van der Waals surface area contributed by atoms with E-state index < -0.39 is 0 Å². The van der Waals surface area contributed by atoms with E-state index in [4.69, 9.17) is 6.57 Å². The molecule has 0 radical (unpaired) electrons. The van der Waals surface area contributed by atoms with Gasteiger partial charge in [0.2, 0.25) is 6.54 Å². The Morgan fingerprint density at radius 3 is 2.83 bits per heavy atom. The molecule has 0 unspecified atom stereocenters. The fraction of sp³-hybridized carbons (Fsp3) is 0.300. The molecule has 0 saturated carbocycles. The molecule has 1 aromatic rings. The summed E-state index contributed by atoms with van der Waals surface area (Å²) in [5, 5.41) is 0. The number of hydrogen-bond donors (Lipinski definition) is 0. The molecule has 0 atom stereocenters. The predicted octanol–water partition coefficient (Wildman–Crippen LogP) is 2.60. The molecule has 0 amide bonds. The lowest BCUT2D eigenvalue weighted by molar-refractivity contribution is 0.616. The molecule has 0 heterocycles. The summed E-state index contributed by atoms with van der Waals surface area (Å²) in [5.74, 6) is -0.183. The van der Waals surface area contributed by atoms with Crippen molar-refractivity contribution in [1.82, 2.24) is 0 Å². The molecule has 0 aliphatic carbocycles. The van der Waals surface area contributed by atoms with E-state index in [0.717, 1.165) is 5.56 Å². The zero-order valence-corrected chi connectivity index (χ0v) is 6.97. The first-order valence-corrected chi connectivity index (χ1v) is 3.82. The van der Waals surface area contributed by atoms with Crippen LogP contribution in [0.15, 0.2) is 18.2 Å². The molecule has 0 spiro atoms. The van der Waals surface area contributed by atoms with Gasteiger partial charge in [0.1, 0.15) is 5.82 Å². The van der Waals surface area contributed by atoms with Crippen molar-refractivity contribution in [2.45, 2.75) is 13.3 Å². The molecule has 0 aliphatic rings. The van der Waals surface area contributed by atoms with Gasteiger partial charge in [-0.1, -0.05) is 12.1 Å². The van der Waals surface area contributed by atoms with Gasteiger partial charge in [-0.05, 0) is 24.1 Å². The van der Waals surface area contributed by atoms with Crippen molar-refractivity contribution in [2.75, 3.05) is 6.54 Å². The first-order valence-electron chi connectivity index (χ1n) is 3.82. The summed E-state index contributed by atoms with van der Waals surface area (Å²) in [6.45, 7) is 8.74. The topological polar surface area (TPSA) is 4.36 Å². The van der Waals surface area contributed by atoms with Gasteiger partial charge in [0.25, 0.3) is 0 Å². The van der Waals surface area contributed by atoms with E-state index in [1.165, 1.54) is 6.07 Å². The largest absolute Gasteiger partial charge is 0.317 e. The highest BCUT2D eigenvalue weighted by atomic mass is 19.1. The van der Waals surface area contributed by atoms with E-state index >= 15 is 0 Å². The van der Waals surface area contributed by atoms with Crippen molar-refractivity contribution in [3.8, 4) is 0 Å². The highest BCUT2D eigenvalue weighted by molar-refractivity contribution is 5.23. The Hall–Kier alpha value is -1.36. The minimum absolute atomic E-state index is 0.183. The minimum atomic E-state index is -0.183. The molecule has 0 fully saturated rings. The van der Waals surface area contributed by atoms with Crippen LogP contribution in [0.25, 0.3) is 4.85 Å². The highest BCUT2D eigenvalue weighted by Crippen LogP contribution is 2.09. The predicted molar refractivity (Wildman–Crippen MR) is 46.3 cm³/mol. The monoisotopic (exact) mass is 163 g/mol. The van der Waals surface area contributed by atoms with Crippen LogP contribution in [0.1, 0.15) is 11.1 Å². The normalized spacial score (nSPS) is 9.42. The Kier molecular flexibility index (Phi) is 2.82. The third-order valence-electron chi connectivity index (χ3n) is 1.75. The van der Waals surface area contributed by atoms with Crippen LogP contribution < -0.4 is 0 Å². The molecule has 1 rings (SSSR count). The lowest BCUT2D eigenvalue weighted by Crippen LogP contribution is -1.90. The van der Waals surface area contributed by atoms with E-state index in [1.54, 1.807) is 13.0 Å². The number of nitrogens with zero attached hydrogens (tertiary/aromatic N) is 1. The zero-order chi connectivity index (χ0) is 8.97. The van der Waals surface area contributed by atoms with Crippen LogP contribution in [-0.2, 0) is 6.42 Å². The smallest absolute Gasteiger partial charge is 0.218 e. The first kappa shape index (κ1) is 8.73. The van der Waals surface area contributed by atoms with Gasteiger partial charge in [-0.3, -0.25) is 0 Å². The summed E-state index contributed by atoms with van der Waals surface area (Å²) in [6.07, 6.45) is 0.640. The zero-order valence-electron chi connectivity index (χ0n) is 6.97. The van der Waals surface area contributed by atoms with Crippen LogP contribution in [0.2, 0.25) is 0 Å². The molecule has 62 valence electrons. The van der Waals surface area contributed by atoms with E-state index in [9.17, 15) is 4.39 Å². The van der Waals surface area contributed by atoms with E-state index in [0.29, 0.717) is 18.5 Å². The summed E-state index contributed by atoms with van der Waals surface area (Å²) in [7, 11) is 0. The van der Waals surface area contributed by atoms with Crippen LogP contribution in [0.3, 0.4) is 0 Å². The average Bonchev–Trinajstić information content (AvgIpc) is 2.07. The number of benzene rings is 1. The third kappa shape index (κ3) is 2.06. The molecular weight excluding hydrogens is 153 g/mol. The van der Waals surface area contributed by atoms with Crippen molar-refractivity contribution >= 4 is 0 Å². The fourth-order valence-electron chi connectivity index (χ4n) is 0.977. The van der Waals surface area contributed by atoms with Gasteiger partial charge < -0.3 is 4.85 Å². The third-order valence-corrected chi connectivity index (χ3v) is 1.75. The summed E-state index contributed by atoms with van der Waals surface area (Å²) in [4.78, 5) is 3.21. The maximum atomic E-state index is 12.9. The van der Waals surface area contributed by atoms with Crippen molar-refractivity contribution in [3.05, 3.63) is 46.6 Å². The van der Waals surface area contributed by atoms with Crippen LogP contribution >= 0.6 is 0 Å². The maximum Gasteiger partial charge on any atom is 0.218 e. The maximum absolute atomic E-state index is 12.9. The van der Waals surface area contributed by atoms with Gasteiger partial charge in [-0.25, -0.2) is 11.0 Å². The molecule has 2 heteroatoms. The van der Waals surface area contributed by atoms with Crippen molar-refractivity contribution < 1.29 is 4.39 Å². The molecule has 1 nitrogen and oxygen atoms in total. The molecule has 1 aromatic carbocycles. The standard InChI is InChI=1S/C10H10FN/c1-8-3-4-9(5-6-12-2)7-10(8)11/h3-4,7H,5-6H2,1H3. The van der Waals surface area contributed by atoms with Gasteiger partial charge in [0.05, 0.1) is 0 Å². The van der Waals surface area contributed by atoms with E-state index in [1.807, 2.05) is 6.07 Å². The number of aryl methyl sites for hydroxylation is 1. The van der Waals surface area contributed by atoms with Crippen LogP contribution in [0.5, 0.6) is 0 Å². The Labute approximate surface area is 71.7 Å². The van der Waals surface area contributed by atoms with Gasteiger partial charge in [0.15, 0.2) is 0 Å². The Balaban J connectivity index is 2.77. The van der Waals surface area contributed by atoms with Crippen LogP contribution in [0, 0.1) is 19.3 Å². The number of rotatable bonds is 2. The quantitative estimate of drug-likeness (QED) is 0.590. The molecule has 0 N–H and O–H groups in total. The summed E-state index contributed by atoms with van der Waals surface area (Å²) in [5.41, 5.74) is 1.55. The Bertz CT molecular complexity index is 312. The molecule has 0 saturated heterocycles. The SMILES string of the molecule is [C-]#[N+]CCc1ccc(C)c(F)c1. The van der Waals surface area contributed by atoms with E-state index in [2.05, 4.69) is 4.85 Å². The molecular formula is C10H10FN. The molecule has 0 aliphatic heterocycles. The number of halogens is 1. The van der Waals surface area contributed by atoms with Gasteiger partial charge in [-0.2, -0.15) is 0 Å². The second-order valence-electron chi connectivity index (χ2n) is 2.72. The lowest BCUT2D eigenvalue weighted by atomic mass is 10.1. The van der Waals surface area contributed by atoms with Crippen molar-refractivity contribution in [3.63, 3.8) is 0 Å². The highest BCUT2D eigenvalue weighted by Gasteiger charge is 1.99. The Morgan fingerprint density at radius 2 is 2.25 bits per heavy atom. The molecule has 0 bridgehead atoms. The summed E-state index contributed by atoms with van der Waals surface area (Å²) in [6, 6.07) is 5.11. The molecule has 0 aromatic heterocycles. The van der Waals surface area contributed by atoms with Crippen LogP contribution in [0.4, 0.5) is 4.39 Å². The van der Waals surface area contributed by atoms with Crippen molar-refractivity contribution in [1.29, 1.82) is 0 Å². The average molecular weight is 163 g/mol. The lowest BCUT2D eigenvalue weighted by Gasteiger charge is -1.98. The first-order chi connectivity index (χ1) is 5.74. The summed E-state index contributed by atoms with van der Waals surface area (Å²) >= 11 is 0. The second-order valence-corrected chi connectivity index (χ2v) is 2.72. The Morgan fingerprint density at radius 1 is 1.50 bits per heavy atom.